The maximum atomic E-state index is 13.5. The maximum absolute atomic E-state index is 13.5. The van der Waals surface area contributed by atoms with Gasteiger partial charge >= 0.3 is 0 Å². The molecule has 6 heteroatoms. The molecule has 0 N–H and O–H groups in total. The Hall–Kier alpha value is -3.93. The minimum atomic E-state index is -0.668. The molecule has 4 aromatic rings. The number of carbonyl (C=O) groups excluding carboxylic acids is 1. The van der Waals surface area contributed by atoms with Crippen molar-refractivity contribution >= 4 is 22.7 Å². The Morgan fingerprint density at radius 1 is 1.03 bits per heavy atom. The van der Waals surface area contributed by atoms with Crippen molar-refractivity contribution in [2.75, 3.05) is 12.0 Å². The van der Waals surface area contributed by atoms with Gasteiger partial charge in [0, 0.05) is 6.20 Å². The number of carbonyl (C=O) groups is 1. The van der Waals surface area contributed by atoms with Crippen molar-refractivity contribution in [1.82, 2.24) is 4.98 Å². The molecule has 1 aliphatic rings. The average molecular weight is 398 g/mol. The number of aromatic nitrogens is 1. The van der Waals surface area contributed by atoms with E-state index < -0.39 is 11.9 Å². The lowest BCUT2D eigenvalue weighted by atomic mass is 9.98. The predicted octanol–water partition coefficient (Wildman–Crippen LogP) is 4.25. The van der Waals surface area contributed by atoms with Gasteiger partial charge in [0.1, 0.15) is 17.2 Å². The lowest BCUT2D eigenvalue weighted by molar-refractivity contribution is 0.0970. The summed E-state index contributed by atoms with van der Waals surface area (Å²) in [4.78, 5) is 32.8. The number of nitrogens with zero attached hydrogens (tertiary/aromatic N) is 2. The van der Waals surface area contributed by atoms with Crippen LogP contribution < -0.4 is 15.1 Å². The Bertz CT molecular complexity index is 1340. The number of fused-ring (bicyclic) bond motifs is 2. The fourth-order valence-electron chi connectivity index (χ4n) is 3.95. The molecule has 0 saturated carbocycles. The molecule has 1 atom stereocenters. The number of hydrogen-bond acceptors (Lipinski definition) is 5. The molecular formula is C24H18N2O4. The molecule has 1 amide bonds. The molecular weight excluding hydrogens is 380 g/mol. The molecule has 0 radical (unpaired) electrons. The Kier molecular flexibility index (Phi) is 4.13. The average Bonchev–Trinajstić information content (AvgIpc) is 3.07. The third kappa shape index (κ3) is 2.69. The Labute approximate surface area is 172 Å². The van der Waals surface area contributed by atoms with Crippen LogP contribution >= 0.6 is 0 Å². The van der Waals surface area contributed by atoms with Crippen LogP contribution in [0.1, 0.15) is 33.3 Å². The minimum Gasteiger partial charge on any atom is -0.497 e. The number of aryl methyl sites for hydroxylation is 1. The largest absolute Gasteiger partial charge is 0.497 e. The maximum Gasteiger partial charge on any atom is 0.296 e. The predicted molar refractivity (Wildman–Crippen MR) is 113 cm³/mol. The first-order valence-electron chi connectivity index (χ1n) is 9.54. The summed E-state index contributed by atoms with van der Waals surface area (Å²) in [7, 11) is 1.58. The molecule has 148 valence electrons. The standard InChI is InChI=1S/C24H18N2O4/c1-14-9-10-18-17(12-14)22(27)20-21(15-6-5-7-16(13-15)29-2)26(24(28)23(20)30-18)19-8-3-4-11-25-19/h3-13,21H,1-2H3/t21-/m0/s1. The van der Waals surface area contributed by atoms with E-state index in [1.165, 1.54) is 4.90 Å². The van der Waals surface area contributed by atoms with Gasteiger partial charge in [0.15, 0.2) is 5.43 Å². The van der Waals surface area contributed by atoms with Gasteiger partial charge < -0.3 is 9.15 Å². The lowest BCUT2D eigenvalue weighted by Gasteiger charge is -2.24. The number of hydrogen-bond donors (Lipinski definition) is 0. The number of methoxy groups -OCH3 is 1. The summed E-state index contributed by atoms with van der Waals surface area (Å²) >= 11 is 0. The topological polar surface area (TPSA) is 72.6 Å². The van der Waals surface area contributed by atoms with E-state index in [0.717, 1.165) is 11.1 Å². The quantitative estimate of drug-likeness (QED) is 0.516. The van der Waals surface area contributed by atoms with Gasteiger partial charge in [0.2, 0.25) is 5.76 Å². The molecule has 30 heavy (non-hydrogen) atoms. The summed E-state index contributed by atoms with van der Waals surface area (Å²) in [5.41, 5.74) is 2.18. The normalized spacial score (nSPS) is 15.5. The molecule has 0 fully saturated rings. The zero-order valence-electron chi connectivity index (χ0n) is 16.5. The summed E-state index contributed by atoms with van der Waals surface area (Å²) in [5.74, 6) is 0.739. The van der Waals surface area contributed by atoms with Gasteiger partial charge in [0.05, 0.1) is 24.1 Å². The van der Waals surface area contributed by atoms with Crippen LogP contribution in [0.2, 0.25) is 0 Å². The van der Waals surface area contributed by atoms with Gasteiger partial charge in [0.25, 0.3) is 5.91 Å². The summed E-state index contributed by atoms with van der Waals surface area (Å²) in [6.45, 7) is 1.91. The van der Waals surface area contributed by atoms with E-state index in [1.807, 2.05) is 37.3 Å². The van der Waals surface area contributed by atoms with E-state index in [9.17, 15) is 9.59 Å². The molecule has 2 aromatic carbocycles. The van der Waals surface area contributed by atoms with Gasteiger partial charge in [-0.2, -0.15) is 0 Å². The van der Waals surface area contributed by atoms with Crippen LogP contribution in [-0.2, 0) is 0 Å². The third-order valence-corrected chi connectivity index (χ3v) is 5.33. The summed E-state index contributed by atoms with van der Waals surface area (Å²) < 4.78 is 11.3. The van der Waals surface area contributed by atoms with Gasteiger partial charge in [-0.05, 0) is 48.9 Å². The highest BCUT2D eigenvalue weighted by atomic mass is 16.5. The second kappa shape index (κ2) is 6.84. The van der Waals surface area contributed by atoms with Crippen LogP contribution in [0.15, 0.2) is 76.1 Å². The van der Waals surface area contributed by atoms with Crippen molar-refractivity contribution in [3.05, 3.63) is 99.5 Å². The van der Waals surface area contributed by atoms with E-state index in [-0.39, 0.29) is 11.2 Å². The first-order valence-corrected chi connectivity index (χ1v) is 9.54. The van der Waals surface area contributed by atoms with Crippen molar-refractivity contribution in [3.63, 3.8) is 0 Å². The van der Waals surface area contributed by atoms with Crippen LogP contribution in [0.3, 0.4) is 0 Å². The highest BCUT2D eigenvalue weighted by Gasteiger charge is 2.44. The molecule has 0 saturated heterocycles. The van der Waals surface area contributed by atoms with Crippen molar-refractivity contribution in [1.29, 1.82) is 0 Å². The zero-order chi connectivity index (χ0) is 20.8. The van der Waals surface area contributed by atoms with Crippen LogP contribution in [-0.4, -0.2) is 18.0 Å². The Balaban J connectivity index is 1.83. The van der Waals surface area contributed by atoms with E-state index in [4.69, 9.17) is 9.15 Å². The summed E-state index contributed by atoms with van der Waals surface area (Å²) in [6, 6.07) is 17.4. The summed E-state index contributed by atoms with van der Waals surface area (Å²) in [5, 5.41) is 0.456. The van der Waals surface area contributed by atoms with E-state index >= 15 is 0 Å². The number of anilines is 1. The fraction of sp³-hybridized carbons (Fsp3) is 0.125. The minimum absolute atomic E-state index is 0.0508. The van der Waals surface area contributed by atoms with Gasteiger partial charge in [-0.15, -0.1) is 0 Å². The van der Waals surface area contributed by atoms with Crippen molar-refractivity contribution in [3.8, 4) is 5.75 Å². The van der Waals surface area contributed by atoms with Crippen LogP contribution in [0.5, 0.6) is 5.75 Å². The molecule has 0 aliphatic carbocycles. The van der Waals surface area contributed by atoms with Gasteiger partial charge in [-0.1, -0.05) is 29.8 Å². The molecule has 0 unspecified atom stereocenters. The molecule has 3 heterocycles. The molecule has 2 aromatic heterocycles. The van der Waals surface area contributed by atoms with Crippen LogP contribution in [0.4, 0.5) is 5.82 Å². The first kappa shape index (κ1) is 18.1. The van der Waals surface area contributed by atoms with E-state index in [1.54, 1.807) is 43.6 Å². The van der Waals surface area contributed by atoms with Gasteiger partial charge in [-0.25, -0.2) is 4.98 Å². The number of ether oxygens (including phenoxy) is 1. The molecule has 6 nitrogen and oxygen atoms in total. The Morgan fingerprint density at radius 3 is 2.67 bits per heavy atom. The number of rotatable bonds is 3. The SMILES string of the molecule is COc1cccc([C@H]2c3c(oc4ccc(C)cc4c3=O)C(=O)N2c2ccccn2)c1. The first-order chi connectivity index (χ1) is 14.6. The van der Waals surface area contributed by atoms with Crippen LogP contribution in [0, 0.1) is 6.92 Å². The molecule has 0 spiro atoms. The second-order valence-corrected chi connectivity index (χ2v) is 7.22. The third-order valence-electron chi connectivity index (χ3n) is 5.33. The number of amides is 1. The van der Waals surface area contributed by atoms with Crippen molar-refractivity contribution < 1.29 is 13.9 Å². The zero-order valence-corrected chi connectivity index (χ0v) is 16.5. The molecule has 1 aliphatic heterocycles. The lowest BCUT2D eigenvalue weighted by Crippen LogP contribution is -2.30. The monoisotopic (exact) mass is 398 g/mol. The van der Waals surface area contributed by atoms with Crippen LogP contribution in [0.25, 0.3) is 11.0 Å². The molecule has 0 bridgehead atoms. The fourth-order valence-corrected chi connectivity index (χ4v) is 3.95. The highest BCUT2D eigenvalue weighted by molar-refractivity contribution is 6.10. The smallest absolute Gasteiger partial charge is 0.296 e. The van der Waals surface area contributed by atoms with Gasteiger partial charge in [-0.3, -0.25) is 14.5 Å². The second-order valence-electron chi connectivity index (χ2n) is 7.22. The number of benzene rings is 2. The molecule has 5 rings (SSSR count). The number of pyridine rings is 1. The van der Waals surface area contributed by atoms with E-state index in [2.05, 4.69) is 4.98 Å². The highest BCUT2D eigenvalue weighted by Crippen LogP contribution is 2.41. The van der Waals surface area contributed by atoms with Crippen molar-refractivity contribution in [2.45, 2.75) is 13.0 Å². The van der Waals surface area contributed by atoms with Crippen molar-refractivity contribution in [2.24, 2.45) is 0 Å². The summed E-state index contributed by atoms with van der Waals surface area (Å²) in [6.07, 6.45) is 1.61. The Morgan fingerprint density at radius 2 is 1.90 bits per heavy atom. The van der Waals surface area contributed by atoms with E-state index in [0.29, 0.717) is 28.1 Å².